The van der Waals surface area contributed by atoms with E-state index in [0.717, 1.165) is 37.1 Å². The zero-order valence-electron chi connectivity index (χ0n) is 14.6. The predicted molar refractivity (Wildman–Crippen MR) is 93.3 cm³/mol. The molecule has 2 aliphatic rings. The number of rotatable bonds is 4. The SMILES string of the molecule is O=C(c1cc(-c2ccc(F)cc2)n[nH]1)N1CCCC1c1nc(C2CC2)no1. The molecule has 8 heteroatoms. The van der Waals surface area contributed by atoms with Crippen molar-refractivity contribution in [2.45, 2.75) is 37.6 Å². The normalized spacial score (nSPS) is 19.6. The first-order chi connectivity index (χ1) is 13.2. The monoisotopic (exact) mass is 367 g/mol. The van der Waals surface area contributed by atoms with Crippen LogP contribution in [0.4, 0.5) is 4.39 Å². The van der Waals surface area contributed by atoms with Crippen LogP contribution in [-0.4, -0.2) is 37.7 Å². The Morgan fingerprint density at radius 1 is 1.22 bits per heavy atom. The maximum atomic E-state index is 13.1. The quantitative estimate of drug-likeness (QED) is 0.763. The summed E-state index contributed by atoms with van der Waals surface area (Å²) >= 11 is 0. The minimum absolute atomic E-state index is 0.149. The maximum Gasteiger partial charge on any atom is 0.272 e. The Kier molecular flexibility index (Phi) is 3.77. The molecule has 0 radical (unpaired) electrons. The summed E-state index contributed by atoms with van der Waals surface area (Å²) in [6.45, 7) is 0.634. The van der Waals surface area contributed by atoms with Crippen LogP contribution in [0.25, 0.3) is 11.3 Å². The molecule has 1 aliphatic carbocycles. The van der Waals surface area contributed by atoms with E-state index >= 15 is 0 Å². The van der Waals surface area contributed by atoms with Crippen molar-refractivity contribution in [1.82, 2.24) is 25.2 Å². The lowest BCUT2D eigenvalue weighted by Crippen LogP contribution is -2.31. The summed E-state index contributed by atoms with van der Waals surface area (Å²) in [5, 5.41) is 11.1. The topological polar surface area (TPSA) is 87.9 Å². The largest absolute Gasteiger partial charge is 0.337 e. The van der Waals surface area contributed by atoms with Gasteiger partial charge in [0.1, 0.15) is 17.6 Å². The van der Waals surface area contributed by atoms with Gasteiger partial charge in [-0.3, -0.25) is 9.89 Å². The molecule has 138 valence electrons. The molecule has 5 rings (SSSR count). The number of nitrogens with zero attached hydrogens (tertiary/aromatic N) is 4. The Labute approximate surface area is 154 Å². The molecule has 1 aliphatic heterocycles. The number of aromatic amines is 1. The van der Waals surface area contributed by atoms with Crippen molar-refractivity contribution in [3.63, 3.8) is 0 Å². The number of benzene rings is 1. The van der Waals surface area contributed by atoms with E-state index in [4.69, 9.17) is 4.52 Å². The van der Waals surface area contributed by atoms with Gasteiger partial charge in [0.25, 0.3) is 5.91 Å². The third-order valence-corrected chi connectivity index (χ3v) is 5.15. The first-order valence-corrected chi connectivity index (χ1v) is 9.15. The van der Waals surface area contributed by atoms with E-state index in [1.165, 1.54) is 12.1 Å². The summed E-state index contributed by atoms with van der Waals surface area (Å²) in [6, 6.07) is 7.50. The lowest BCUT2D eigenvalue weighted by Gasteiger charge is -2.20. The molecule has 1 saturated heterocycles. The van der Waals surface area contributed by atoms with Crippen molar-refractivity contribution in [2.75, 3.05) is 6.54 Å². The van der Waals surface area contributed by atoms with Gasteiger partial charge in [-0.1, -0.05) is 5.16 Å². The molecule has 0 bridgehead atoms. The number of carbonyl (C=O) groups excluding carboxylic acids is 1. The van der Waals surface area contributed by atoms with Crippen LogP contribution in [0.1, 0.15) is 59.8 Å². The van der Waals surface area contributed by atoms with Crippen LogP contribution in [0, 0.1) is 5.82 Å². The van der Waals surface area contributed by atoms with Crippen LogP contribution >= 0.6 is 0 Å². The number of likely N-dealkylation sites (tertiary alicyclic amines) is 1. The highest BCUT2D eigenvalue weighted by atomic mass is 19.1. The number of nitrogens with one attached hydrogen (secondary N) is 1. The summed E-state index contributed by atoms with van der Waals surface area (Å²) in [6.07, 6.45) is 3.90. The summed E-state index contributed by atoms with van der Waals surface area (Å²) in [5.41, 5.74) is 1.74. The van der Waals surface area contributed by atoms with E-state index in [9.17, 15) is 9.18 Å². The fourth-order valence-corrected chi connectivity index (χ4v) is 3.51. The van der Waals surface area contributed by atoms with Crippen molar-refractivity contribution in [3.8, 4) is 11.3 Å². The third-order valence-electron chi connectivity index (χ3n) is 5.15. The van der Waals surface area contributed by atoms with Crippen molar-refractivity contribution in [2.24, 2.45) is 0 Å². The van der Waals surface area contributed by atoms with Gasteiger partial charge in [-0.05, 0) is 56.0 Å². The van der Waals surface area contributed by atoms with E-state index in [-0.39, 0.29) is 17.8 Å². The van der Waals surface area contributed by atoms with Crippen molar-refractivity contribution < 1.29 is 13.7 Å². The highest BCUT2D eigenvalue weighted by Crippen LogP contribution is 2.40. The Bertz CT molecular complexity index is 976. The maximum absolute atomic E-state index is 13.1. The zero-order valence-corrected chi connectivity index (χ0v) is 14.6. The Hall–Kier alpha value is -3.03. The fourth-order valence-electron chi connectivity index (χ4n) is 3.51. The van der Waals surface area contributed by atoms with Crippen LogP contribution < -0.4 is 0 Å². The fraction of sp³-hybridized carbons (Fsp3) is 0.368. The Balaban J connectivity index is 1.37. The summed E-state index contributed by atoms with van der Waals surface area (Å²) in [7, 11) is 0. The number of H-pyrrole nitrogens is 1. The van der Waals surface area contributed by atoms with E-state index in [0.29, 0.717) is 29.7 Å². The number of halogens is 1. The van der Waals surface area contributed by atoms with Crippen molar-refractivity contribution in [3.05, 3.63) is 53.6 Å². The lowest BCUT2D eigenvalue weighted by molar-refractivity contribution is 0.0704. The van der Waals surface area contributed by atoms with E-state index in [1.54, 1.807) is 23.1 Å². The molecule has 1 atom stereocenters. The van der Waals surface area contributed by atoms with E-state index in [1.807, 2.05) is 0 Å². The molecule has 0 spiro atoms. The van der Waals surface area contributed by atoms with E-state index in [2.05, 4.69) is 20.3 Å². The van der Waals surface area contributed by atoms with Gasteiger partial charge < -0.3 is 9.42 Å². The van der Waals surface area contributed by atoms with Crippen molar-refractivity contribution >= 4 is 5.91 Å². The molecule has 1 unspecified atom stereocenters. The average molecular weight is 367 g/mol. The smallest absolute Gasteiger partial charge is 0.272 e. The number of aromatic nitrogens is 4. The molecular formula is C19H18FN5O2. The summed E-state index contributed by atoms with van der Waals surface area (Å²) < 4.78 is 18.5. The van der Waals surface area contributed by atoms with E-state index < -0.39 is 0 Å². The predicted octanol–water partition coefficient (Wildman–Crippen LogP) is 3.45. The van der Waals surface area contributed by atoms with Gasteiger partial charge in [-0.25, -0.2) is 4.39 Å². The lowest BCUT2D eigenvalue weighted by atomic mass is 10.1. The van der Waals surface area contributed by atoms with Gasteiger partial charge in [0.2, 0.25) is 5.89 Å². The molecule has 7 nitrogen and oxygen atoms in total. The van der Waals surface area contributed by atoms with Crippen LogP contribution in [-0.2, 0) is 0 Å². The minimum atomic E-state index is -0.310. The standard InChI is InChI=1S/C19H18FN5O2/c20-13-7-5-11(6-8-13)14-10-15(23-22-14)19(26)25-9-1-2-16(25)18-21-17(24-27-18)12-3-4-12/h5-8,10,12,16H,1-4,9H2,(H,22,23). The van der Waals surface area contributed by atoms with Crippen LogP contribution in [0.3, 0.4) is 0 Å². The summed E-state index contributed by atoms with van der Waals surface area (Å²) in [5.74, 6) is 1.23. The third kappa shape index (κ3) is 3.01. The van der Waals surface area contributed by atoms with Crippen molar-refractivity contribution in [1.29, 1.82) is 0 Å². The highest BCUT2D eigenvalue weighted by molar-refractivity contribution is 5.93. The molecule has 1 N–H and O–H groups in total. The highest BCUT2D eigenvalue weighted by Gasteiger charge is 2.37. The van der Waals surface area contributed by atoms with Gasteiger partial charge >= 0.3 is 0 Å². The second-order valence-electron chi connectivity index (χ2n) is 7.10. The first-order valence-electron chi connectivity index (χ1n) is 9.15. The number of amides is 1. The molecule has 1 saturated carbocycles. The molecule has 3 heterocycles. The molecule has 1 aromatic carbocycles. The zero-order chi connectivity index (χ0) is 18.4. The van der Waals surface area contributed by atoms with Gasteiger partial charge in [-0.15, -0.1) is 0 Å². The molecule has 2 aromatic heterocycles. The average Bonchev–Trinajstić information content (AvgIpc) is 3.10. The van der Waals surface area contributed by atoms with Gasteiger partial charge in [-0.2, -0.15) is 10.1 Å². The van der Waals surface area contributed by atoms with Gasteiger partial charge in [0.05, 0.1) is 5.69 Å². The Morgan fingerprint density at radius 2 is 2.04 bits per heavy atom. The molecule has 27 heavy (non-hydrogen) atoms. The van der Waals surface area contributed by atoms with Crippen LogP contribution in [0.2, 0.25) is 0 Å². The minimum Gasteiger partial charge on any atom is -0.337 e. The number of hydrogen-bond donors (Lipinski definition) is 1. The second-order valence-corrected chi connectivity index (χ2v) is 7.10. The molecule has 1 amide bonds. The number of carbonyl (C=O) groups is 1. The van der Waals surface area contributed by atoms with Gasteiger partial charge in [0, 0.05) is 18.0 Å². The van der Waals surface area contributed by atoms with Gasteiger partial charge in [0.15, 0.2) is 5.82 Å². The number of hydrogen-bond acceptors (Lipinski definition) is 5. The molecule has 2 fully saturated rings. The first kappa shape index (κ1) is 16.2. The molecule has 3 aromatic rings. The second kappa shape index (κ2) is 6.29. The molecular weight excluding hydrogens is 349 g/mol. The Morgan fingerprint density at radius 3 is 2.81 bits per heavy atom. The van der Waals surface area contributed by atoms with Crippen LogP contribution in [0.15, 0.2) is 34.9 Å². The summed E-state index contributed by atoms with van der Waals surface area (Å²) in [4.78, 5) is 19.3. The van der Waals surface area contributed by atoms with Crippen LogP contribution in [0.5, 0.6) is 0 Å².